The molecule has 3 rings (SSSR count). The maximum atomic E-state index is 12.0. The fourth-order valence-corrected chi connectivity index (χ4v) is 2.80. The third-order valence-corrected chi connectivity index (χ3v) is 4.16. The lowest BCUT2D eigenvalue weighted by Gasteiger charge is -2.23. The molecule has 1 saturated carbocycles. The molecule has 5 heteroatoms. The van der Waals surface area contributed by atoms with Crippen LogP contribution in [0.5, 0.6) is 0 Å². The highest BCUT2D eigenvalue weighted by molar-refractivity contribution is 9.10. The van der Waals surface area contributed by atoms with Crippen LogP contribution in [0.1, 0.15) is 36.4 Å². The molecule has 0 bridgehead atoms. The van der Waals surface area contributed by atoms with Crippen LogP contribution in [0.3, 0.4) is 0 Å². The molecule has 0 atom stereocenters. The Morgan fingerprint density at radius 2 is 2.25 bits per heavy atom. The molecule has 104 valence electrons. The van der Waals surface area contributed by atoms with E-state index in [-0.39, 0.29) is 5.91 Å². The third kappa shape index (κ3) is 3.10. The van der Waals surface area contributed by atoms with Gasteiger partial charge in [-0.05, 0) is 30.5 Å². The van der Waals surface area contributed by atoms with Crippen LogP contribution in [0.15, 0.2) is 34.8 Å². The molecule has 0 radical (unpaired) electrons. The SMILES string of the molecule is O=C(Cc1cccc(Br)c1)Nc1cc(C2CCC2)[nH]n1. The first kappa shape index (κ1) is 13.4. The molecule has 0 saturated heterocycles. The van der Waals surface area contributed by atoms with E-state index in [2.05, 4.69) is 31.4 Å². The van der Waals surface area contributed by atoms with Gasteiger partial charge < -0.3 is 5.32 Å². The molecule has 0 unspecified atom stereocenters. The average Bonchev–Trinajstić information content (AvgIpc) is 2.74. The number of halogens is 1. The minimum atomic E-state index is -0.0465. The van der Waals surface area contributed by atoms with Crippen LogP contribution in [-0.2, 0) is 11.2 Å². The molecule has 2 N–H and O–H groups in total. The number of H-pyrrole nitrogens is 1. The van der Waals surface area contributed by atoms with Crippen LogP contribution in [0, 0.1) is 0 Å². The largest absolute Gasteiger partial charge is 0.309 e. The molecule has 0 aliphatic heterocycles. The van der Waals surface area contributed by atoms with E-state index < -0.39 is 0 Å². The Hall–Kier alpha value is -1.62. The zero-order valence-electron chi connectivity index (χ0n) is 11.0. The van der Waals surface area contributed by atoms with Gasteiger partial charge in [0.2, 0.25) is 5.91 Å². The normalized spacial score (nSPS) is 14.8. The summed E-state index contributed by atoms with van der Waals surface area (Å²) in [5, 5.41) is 10.0. The monoisotopic (exact) mass is 333 g/mol. The second-order valence-electron chi connectivity index (χ2n) is 5.19. The third-order valence-electron chi connectivity index (χ3n) is 3.66. The Balaban J connectivity index is 1.59. The summed E-state index contributed by atoms with van der Waals surface area (Å²) in [6.45, 7) is 0. The molecule has 20 heavy (non-hydrogen) atoms. The molecule has 2 aromatic rings. The van der Waals surface area contributed by atoms with Gasteiger partial charge in [0, 0.05) is 22.2 Å². The second kappa shape index (κ2) is 5.79. The second-order valence-corrected chi connectivity index (χ2v) is 6.11. The van der Waals surface area contributed by atoms with E-state index >= 15 is 0 Å². The van der Waals surface area contributed by atoms with Gasteiger partial charge in [0.15, 0.2) is 5.82 Å². The number of hydrogen-bond acceptors (Lipinski definition) is 2. The van der Waals surface area contributed by atoms with E-state index in [0.717, 1.165) is 15.7 Å². The Labute approximate surface area is 126 Å². The maximum Gasteiger partial charge on any atom is 0.229 e. The van der Waals surface area contributed by atoms with Crippen molar-refractivity contribution in [2.24, 2.45) is 0 Å². The minimum absolute atomic E-state index is 0.0465. The molecular formula is C15H16BrN3O. The van der Waals surface area contributed by atoms with Crippen LogP contribution in [-0.4, -0.2) is 16.1 Å². The molecule has 1 heterocycles. The number of hydrogen-bond donors (Lipinski definition) is 2. The van der Waals surface area contributed by atoms with E-state index in [1.165, 1.54) is 19.3 Å². The van der Waals surface area contributed by atoms with Crippen molar-refractivity contribution in [3.05, 3.63) is 46.1 Å². The average molecular weight is 334 g/mol. The van der Waals surface area contributed by atoms with Crippen molar-refractivity contribution in [1.29, 1.82) is 0 Å². The number of amides is 1. The van der Waals surface area contributed by atoms with Gasteiger partial charge in [-0.25, -0.2) is 0 Å². The lowest BCUT2D eigenvalue weighted by Crippen LogP contribution is -2.14. The summed E-state index contributed by atoms with van der Waals surface area (Å²) in [7, 11) is 0. The highest BCUT2D eigenvalue weighted by Gasteiger charge is 2.21. The Bertz CT molecular complexity index is 619. The van der Waals surface area contributed by atoms with Gasteiger partial charge in [-0.1, -0.05) is 34.5 Å². The number of aromatic nitrogens is 2. The van der Waals surface area contributed by atoms with Gasteiger partial charge in [-0.15, -0.1) is 0 Å². The smallest absolute Gasteiger partial charge is 0.229 e. The molecule has 1 aromatic heterocycles. The highest BCUT2D eigenvalue weighted by Crippen LogP contribution is 2.35. The van der Waals surface area contributed by atoms with Crippen molar-refractivity contribution < 1.29 is 4.79 Å². The molecule has 1 aliphatic rings. The summed E-state index contributed by atoms with van der Waals surface area (Å²) in [5.41, 5.74) is 2.11. The van der Waals surface area contributed by atoms with Crippen molar-refractivity contribution in [1.82, 2.24) is 10.2 Å². The van der Waals surface area contributed by atoms with Crippen LogP contribution < -0.4 is 5.32 Å². The topological polar surface area (TPSA) is 57.8 Å². The van der Waals surface area contributed by atoms with E-state index in [1.54, 1.807) is 0 Å². The fourth-order valence-electron chi connectivity index (χ4n) is 2.35. The van der Waals surface area contributed by atoms with Gasteiger partial charge in [0.25, 0.3) is 0 Å². The van der Waals surface area contributed by atoms with Crippen molar-refractivity contribution in [3.8, 4) is 0 Å². The van der Waals surface area contributed by atoms with E-state index in [4.69, 9.17) is 0 Å². The number of aromatic amines is 1. The molecule has 1 aromatic carbocycles. The number of rotatable bonds is 4. The number of carbonyl (C=O) groups excluding carboxylic acids is 1. The Morgan fingerprint density at radius 1 is 1.40 bits per heavy atom. The predicted molar refractivity (Wildman–Crippen MR) is 81.7 cm³/mol. The van der Waals surface area contributed by atoms with Gasteiger partial charge in [-0.2, -0.15) is 5.10 Å². The van der Waals surface area contributed by atoms with Crippen LogP contribution >= 0.6 is 15.9 Å². The summed E-state index contributed by atoms with van der Waals surface area (Å²) >= 11 is 3.40. The first-order chi connectivity index (χ1) is 9.70. The number of benzene rings is 1. The molecule has 4 nitrogen and oxygen atoms in total. The summed E-state index contributed by atoms with van der Waals surface area (Å²) in [6, 6.07) is 9.71. The van der Waals surface area contributed by atoms with Gasteiger partial charge >= 0.3 is 0 Å². The fraction of sp³-hybridized carbons (Fsp3) is 0.333. The van der Waals surface area contributed by atoms with Crippen molar-refractivity contribution >= 4 is 27.7 Å². The van der Waals surface area contributed by atoms with E-state index in [1.807, 2.05) is 30.3 Å². The molecule has 1 fully saturated rings. The van der Waals surface area contributed by atoms with Crippen molar-refractivity contribution in [2.45, 2.75) is 31.6 Å². The summed E-state index contributed by atoms with van der Waals surface area (Å²) < 4.78 is 0.981. The maximum absolute atomic E-state index is 12.0. The van der Waals surface area contributed by atoms with E-state index in [0.29, 0.717) is 18.2 Å². The predicted octanol–water partition coefficient (Wildman–Crippen LogP) is 3.62. The summed E-state index contributed by atoms with van der Waals surface area (Å²) in [6.07, 6.45) is 4.07. The van der Waals surface area contributed by atoms with Crippen LogP contribution in [0.4, 0.5) is 5.82 Å². The van der Waals surface area contributed by atoms with Gasteiger partial charge in [0.05, 0.1) is 6.42 Å². The first-order valence-electron chi connectivity index (χ1n) is 6.80. The first-order valence-corrected chi connectivity index (χ1v) is 7.59. The minimum Gasteiger partial charge on any atom is -0.309 e. The zero-order chi connectivity index (χ0) is 13.9. The highest BCUT2D eigenvalue weighted by atomic mass is 79.9. The lowest BCUT2D eigenvalue weighted by atomic mass is 9.83. The quantitative estimate of drug-likeness (QED) is 0.897. The van der Waals surface area contributed by atoms with Crippen LogP contribution in [0.2, 0.25) is 0 Å². The zero-order valence-corrected chi connectivity index (χ0v) is 12.6. The summed E-state index contributed by atoms with van der Waals surface area (Å²) in [4.78, 5) is 12.0. The number of carbonyl (C=O) groups is 1. The standard InChI is InChI=1S/C15H16BrN3O/c16-12-6-1-3-10(7-12)8-15(20)17-14-9-13(18-19-14)11-4-2-5-11/h1,3,6-7,9,11H,2,4-5,8H2,(H2,17,18,19,20). The number of nitrogens with zero attached hydrogens (tertiary/aromatic N) is 1. The molecule has 1 aliphatic carbocycles. The Morgan fingerprint density at radius 3 is 2.95 bits per heavy atom. The summed E-state index contributed by atoms with van der Waals surface area (Å²) in [5.74, 6) is 1.17. The molecule has 0 spiro atoms. The van der Waals surface area contributed by atoms with Crippen molar-refractivity contribution in [3.63, 3.8) is 0 Å². The van der Waals surface area contributed by atoms with E-state index in [9.17, 15) is 4.79 Å². The lowest BCUT2D eigenvalue weighted by molar-refractivity contribution is -0.115. The van der Waals surface area contributed by atoms with Crippen LogP contribution in [0.25, 0.3) is 0 Å². The van der Waals surface area contributed by atoms with Gasteiger partial charge in [0.1, 0.15) is 0 Å². The van der Waals surface area contributed by atoms with Gasteiger partial charge in [-0.3, -0.25) is 9.89 Å². The Kier molecular flexibility index (Phi) is 3.87. The molecular weight excluding hydrogens is 318 g/mol. The number of nitrogens with one attached hydrogen (secondary N) is 2. The van der Waals surface area contributed by atoms with Crippen molar-refractivity contribution in [2.75, 3.05) is 5.32 Å². The molecule has 1 amide bonds. The number of anilines is 1.